The van der Waals surface area contributed by atoms with Crippen molar-refractivity contribution in [3.05, 3.63) is 106 Å². The molecule has 0 unspecified atom stereocenters. The van der Waals surface area contributed by atoms with E-state index in [1.807, 2.05) is 67.5 Å². The standard InChI is InChI=1S/C44H48N6O6S/c1-44(2,25-45-3)26-46-42(53)39-21-29-18-27(15-16-38(29)57-39)19-35(51)32-11-8-13-40(47-32)48-41(52)14-9-17-56-37-23-34-31(22-36(37)55-5)43(54)50-30(24-49(34)4)20-28-10-6-7-12-33(28)50/h6-8,10-13,15-16,18,21-23,30,45H,9,14,17,19-20,24-26H2,1-5H3,(H,46,53)(H,47,48,52)/t30-/m0/s1. The number of rotatable bonds is 15. The first-order valence-electron chi connectivity index (χ1n) is 19.2. The van der Waals surface area contributed by atoms with E-state index in [0.29, 0.717) is 41.4 Å². The number of carbonyl (C=O) groups excluding carboxylic acids is 4. The van der Waals surface area contributed by atoms with Crippen molar-refractivity contribution >= 4 is 62.1 Å². The Morgan fingerprint density at radius 3 is 2.60 bits per heavy atom. The molecule has 0 radical (unpaired) electrons. The molecule has 2 aliphatic rings. The molecular formula is C44H48N6O6S. The minimum absolute atomic E-state index is 0.0261. The zero-order chi connectivity index (χ0) is 40.3. The van der Waals surface area contributed by atoms with Gasteiger partial charge in [0.1, 0.15) is 11.5 Å². The average molecular weight is 789 g/mol. The van der Waals surface area contributed by atoms with Gasteiger partial charge in [-0.3, -0.25) is 19.2 Å². The van der Waals surface area contributed by atoms with Gasteiger partial charge < -0.3 is 35.2 Å². The average Bonchev–Trinajstić information content (AvgIpc) is 3.77. The molecule has 1 atom stereocenters. The number of hydrogen-bond acceptors (Lipinski definition) is 10. The number of Topliss-reactive ketones (excluding diaryl/α,β-unsaturated/α-hetero) is 1. The number of ketones is 1. The van der Waals surface area contributed by atoms with E-state index in [9.17, 15) is 19.2 Å². The Balaban J connectivity index is 0.918. The summed E-state index contributed by atoms with van der Waals surface area (Å²) in [6, 6.07) is 24.2. The molecule has 296 valence electrons. The molecule has 2 aliphatic heterocycles. The minimum atomic E-state index is -0.260. The Hall–Kier alpha value is -5.79. The molecule has 7 rings (SSSR count). The van der Waals surface area contributed by atoms with Crippen LogP contribution in [0.15, 0.2) is 78.9 Å². The molecule has 13 heteroatoms. The lowest BCUT2D eigenvalue weighted by atomic mass is 9.93. The molecule has 0 saturated carbocycles. The number of likely N-dealkylation sites (N-methyl/N-ethyl adjacent to an activating group) is 1. The monoisotopic (exact) mass is 788 g/mol. The number of anilines is 3. The zero-order valence-corrected chi connectivity index (χ0v) is 33.8. The number of hydrogen-bond donors (Lipinski definition) is 3. The maximum Gasteiger partial charge on any atom is 0.261 e. The molecule has 0 spiro atoms. The Bertz CT molecular complexity index is 2340. The SMILES string of the molecule is CNCC(C)(C)CNC(=O)c1cc2cc(CC(=O)c3cccc(NC(=O)CCCOc4cc5c(cc4OC)C(=O)N4c6ccccc6C[C@H]4CN5C)n3)ccc2s1. The number of para-hydroxylation sites is 1. The summed E-state index contributed by atoms with van der Waals surface area (Å²) >= 11 is 1.42. The smallest absolute Gasteiger partial charge is 0.261 e. The fraction of sp³-hybridized carbons (Fsp3) is 0.341. The fourth-order valence-electron chi connectivity index (χ4n) is 7.55. The van der Waals surface area contributed by atoms with Crippen molar-refractivity contribution in [2.75, 3.05) is 62.6 Å². The summed E-state index contributed by atoms with van der Waals surface area (Å²) in [5, 5.41) is 9.89. The van der Waals surface area contributed by atoms with Crippen LogP contribution in [-0.4, -0.2) is 82.0 Å². The van der Waals surface area contributed by atoms with Gasteiger partial charge in [-0.15, -0.1) is 11.3 Å². The van der Waals surface area contributed by atoms with Crippen LogP contribution in [-0.2, 0) is 17.6 Å². The Labute approximate surface area is 336 Å². The number of pyridine rings is 1. The van der Waals surface area contributed by atoms with E-state index in [0.717, 1.165) is 40.0 Å². The van der Waals surface area contributed by atoms with Crippen LogP contribution >= 0.6 is 11.3 Å². The van der Waals surface area contributed by atoms with Crippen molar-refractivity contribution in [2.45, 2.75) is 45.6 Å². The summed E-state index contributed by atoms with van der Waals surface area (Å²) in [4.78, 5) is 62.0. The molecule has 12 nitrogen and oxygen atoms in total. The van der Waals surface area contributed by atoms with Crippen molar-refractivity contribution in [3.63, 3.8) is 0 Å². The maximum absolute atomic E-state index is 13.9. The molecular weight excluding hydrogens is 741 g/mol. The van der Waals surface area contributed by atoms with E-state index >= 15 is 0 Å². The van der Waals surface area contributed by atoms with Crippen LogP contribution in [0.25, 0.3) is 10.1 Å². The lowest BCUT2D eigenvalue weighted by Gasteiger charge is -2.25. The Kier molecular flexibility index (Phi) is 11.6. The molecule has 3 N–H and O–H groups in total. The van der Waals surface area contributed by atoms with Gasteiger partial charge in [-0.25, -0.2) is 4.98 Å². The van der Waals surface area contributed by atoms with Crippen molar-refractivity contribution < 1.29 is 28.7 Å². The third-order valence-corrected chi connectivity index (χ3v) is 11.5. The molecule has 5 aromatic rings. The summed E-state index contributed by atoms with van der Waals surface area (Å²) in [7, 11) is 5.42. The van der Waals surface area contributed by atoms with Crippen molar-refractivity contribution in [3.8, 4) is 11.5 Å². The number of thiophene rings is 1. The Morgan fingerprint density at radius 2 is 1.79 bits per heavy atom. The van der Waals surface area contributed by atoms with E-state index in [2.05, 4.69) is 45.7 Å². The normalized spacial score (nSPS) is 14.8. The van der Waals surface area contributed by atoms with E-state index in [-0.39, 0.29) is 65.9 Å². The van der Waals surface area contributed by atoms with E-state index < -0.39 is 0 Å². The molecule has 0 saturated heterocycles. The molecule has 0 bridgehead atoms. The van der Waals surface area contributed by atoms with Gasteiger partial charge in [-0.05, 0) is 84.3 Å². The van der Waals surface area contributed by atoms with Gasteiger partial charge in [0.05, 0.1) is 35.9 Å². The number of ether oxygens (including phenoxy) is 2. The van der Waals surface area contributed by atoms with E-state index in [1.54, 1.807) is 31.4 Å². The van der Waals surface area contributed by atoms with Crippen molar-refractivity contribution in [1.29, 1.82) is 0 Å². The quantitative estimate of drug-likeness (QED) is 0.0798. The van der Waals surface area contributed by atoms with Gasteiger partial charge >= 0.3 is 0 Å². The summed E-state index contributed by atoms with van der Waals surface area (Å²) in [6.45, 7) is 6.43. The second-order valence-electron chi connectivity index (χ2n) is 15.4. The molecule has 3 amide bonds. The molecule has 0 fully saturated rings. The van der Waals surface area contributed by atoms with Crippen LogP contribution < -0.4 is 35.2 Å². The van der Waals surface area contributed by atoms with E-state index in [1.165, 1.54) is 16.9 Å². The van der Waals surface area contributed by atoms with Crippen molar-refractivity contribution in [1.82, 2.24) is 15.6 Å². The number of aromatic nitrogens is 1. The third kappa shape index (κ3) is 8.79. The predicted molar refractivity (Wildman–Crippen MR) is 225 cm³/mol. The van der Waals surface area contributed by atoms with Crippen molar-refractivity contribution in [2.24, 2.45) is 5.41 Å². The van der Waals surface area contributed by atoms with Crippen LogP contribution in [0.4, 0.5) is 17.2 Å². The molecule has 3 aromatic carbocycles. The van der Waals surface area contributed by atoms with Gasteiger partial charge in [-0.1, -0.05) is 44.2 Å². The number of nitrogens with one attached hydrogen (secondary N) is 3. The maximum atomic E-state index is 13.9. The lowest BCUT2D eigenvalue weighted by molar-refractivity contribution is -0.116. The number of fused-ring (bicyclic) bond motifs is 5. The zero-order valence-electron chi connectivity index (χ0n) is 32.9. The number of methoxy groups -OCH3 is 1. The highest BCUT2D eigenvalue weighted by Gasteiger charge is 2.39. The van der Waals surface area contributed by atoms with Gasteiger partial charge in [-0.2, -0.15) is 0 Å². The van der Waals surface area contributed by atoms with E-state index in [4.69, 9.17) is 9.47 Å². The highest BCUT2D eigenvalue weighted by Crippen LogP contribution is 2.42. The number of carbonyl (C=O) groups is 4. The third-order valence-electron chi connectivity index (χ3n) is 10.4. The van der Waals surface area contributed by atoms with Crippen LogP contribution in [0.1, 0.15) is 68.3 Å². The van der Waals surface area contributed by atoms with Crippen LogP contribution in [0, 0.1) is 5.41 Å². The highest BCUT2D eigenvalue weighted by atomic mass is 32.1. The molecule has 2 aromatic heterocycles. The predicted octanol–water partition coefficient (Wildman–Crippen LogP) is 6.52. The summed E-state index contributed by atoms with van der Waals surface area (Å²) in [5.41, 5.74) is 4.41. The first-order chi connectivity index (χ1) is 27.4. The topological polar surface area (TPSA) is 142 Å². The second kappa shape index (κ2) is 16.7. The Morgan fingerprint density at radius 1 is 0.965 bits per heavy atom. The van der Waals surface area contributed by atoms with Gasteiger partial charge in [0, 0.05) is 56.0 Å². The van der Waals surface area contributed by atoms with Gasteiger partial charge in [0.15, 0.2) is 17.3 Å². The summed E-state index contributed by atoms with van der Waals surface area (Å²) in [5.74, 6) is 0.599. The highest BCUT2D eigenvalue weighted by molar-refractivity contribution is 7.20. The van der Waals surface area contributed by atoms with Gasteiger partial charge in [0.2, 0.25) is 5.91 Å². The number of amides is 3. The summed E-state index contributed by atoms with van der Waals surface area (Å²) in [6.07, 6.45) is 1.49. The number of benzene rings is 3. The molecule has 57 heavy (non-hydrogen) atoms. The first kappa shape index (κ1) is 39.4. The first-order valence-corrected chi connectivity index (χ1v) is 20.0. The second-order valence-corrected chi connectivity index (χ2v) is 16.5. The lowest BCUT2D eigenvalue weighted by Crippen LogP contribution is -2.41. The largest absolute Gasteiger partial charge is 0.493 e. The van der Waals surface area contributed by atoms with Gasteiger partial charge in [0.25, 0.3) is 11.8 Å². The number of nitrogens with zero attached hydrogens (tertiary/aromatic N) is 3. The fourth-order valence-corrected chi connectivity index (χ4v) is 8.51. The van der Waals surface area contributed by atoms with Crippen LogP contribution in [0.5, 0.6) is 11.5 Å². The van der Waals surface area contributed by atoms with Crippen LogP contribution in [0.3, 0.4) is 0 Å². The minimum Gasteiger partial charge on any atom is -0.493 e. The molecule has 4 heterocycles. The molecule has 0 aliphatic carbocycles. The summed E-state index contributed by atoms with van der Waals surface area (Å²) < 4.78 is 12.7. The van der Waals surface area contributed by atoms with Crippen LogP contribution in [0.2, 0.25) is 0 Å².